The fourth-order valence-electron chi connectivity index (χ4n) is 2.13. The number of benzene rings is 1. The summed E-state index contributed by atoms with van der Waals surface area (Å²) >= 11 is 0. The lowest BCUT2D eigenvalue weighted by atomic mass is 10.2. The summed E-state index contributed by atoms with van der Waals surface area (Å²) < 4.78 is 32.6. The Kier molecular flexibility index (Phi) is 6.16. The predicted molar refractivity (Wildman–Crippen MR) is 97.6 cm³/mol. The third-order valence-electron chi connectivity index (χ3n) is 3.44. The van der Waals surface area contributed by atoms with Crippen molar-refractivity contribution >= 4 is 21.7 Å². The minimum atomic E-state index is -3.75. The van der Waals surface area contributed by atoms with Crippen LogP contribution >= 0.6 is 0 Å². The van der Waals surface area contributed by atoms with Crippen LogP contribution in [0.1, 0.15) is 5.56 Å². The van der Waals surface area contributed by atoms with Gasteiger partial charge in [0.2, 0.25) is 0 Å². The standard InChI is InChI=1S/C16H23N5O3S/c1-12-11-13(24-4)5-6-14(12)25(22,23)20-16-8-7-15(18-19-16)17-9-10-21(2)3/h5-8,11H,9-10H2,1-4H3,(H,17,18)(H,19,20). The van der Waals surface area contributed by atoms with E-state index in [1.165, 1.54) is 13.2 Å². The van der Waals surface area contributed by atoms with Crippen LogP contribution < -0.4 is 14.8 Å². The van der Waals surface area contributed by atoms with Crippen molar-refractivity contribution in [1.29, 1.82) is 0 Å². The van der Waals surface area contributed by atoms with Crippen molar-refractivity contribution in [2.75, 3.05) is 44.3 Å². The summed E-state index contributed by atoms with van der Waals surface area (Å²) in [5, 5.41) is 11.0. The first-order valence-corrected chi connectivity index (χ1v) is 9.20. The molecule has 0 bridgehead atoms. The van der Waals surface area contributed by atoms with Crippen LogP contribution in [0.15, 0.2) is 35.2 Å². The molecule has 2 aromatic rings. The van der Waals surface area contributed by atoms with E-state index in [4.69, 9.17) is 4.74 Å². The van der Waals surface area contributed by atoms with E-state index < -0.39 is 10.0 Å². The highest BCUT2D eigenvalue weighted by Crippen LogP contribution is 2.22. The Morgan fingerprint density at radius 3 is 2.36 bits per heavy atom. The van der Waals surface area contributed by atoms with E-state index in [2.05, 4.69) is 20.2 Å². The molecule has 0 aliphatic heterocycles. The molecule has 0 spiro atoms. The van der Waals surface area contributed by atoms with Crippen LogP contribution in [0.25, 0.3) is 0 Å². The summed E-state index contributed by atoms with van der Waals surface area (Å²) in [6.07, 6.45) is 0. The Morgan fingerprint density at radius 2 is 1.80 bits per heavy atom. The molecule has 0 aliphatic carbocycles. The monoisotopic (exact) mass is 365 g/mol. The van der Waals surface area contributed by atoms with E-state index in [0.29, 0.717) is 17.1 Å². The maximum absolute atomic E-state index is 12.5. The van der Waals surface area contributed by atoms with Gasteiger partial charge in [0.05, 0.1) is 12.0 Å². The summed E-state index contributed by atoms with van der Waals surface area (Å²) in [5.41, 5.74) is 0.585. The van der Waals surface area contributed by atoms with Gasteiger partial charge in [-0.25, -0.2) is 8.42 Å². The number of nitrogens with one attached hydrogen (secondary N) is 2. The number of hydrogen-bond acceptors (Lipinski definition) is 7. The number of rotatable bonds is 8. The van der Waals surface area contributed by atoms with Crippen molar-refractivity contribution in [3.8, 4) is 5.75 Å². The molecular weight excluding hydrogens is 342 g/mol. The lowest BCUT2D eigenvalue weighted by Crippen LogP contribution is -2.21. The van der Waals surface area contributed by atoms with Crippen LogP contribution in [0.2, 0.25) is 0 Å². The fourth-order valence-corrected chi connectivity index (χ4v) is 3.36. The molecule has 0 saturated heterocycles. The first-order chi connectivity index (χ1) is 11.8. The molecule has 25 heavy (non-hydrogen) atoms. The Balaban J connectivity index is 2.07. The molecule has 1 aromatic heterocycles. The zero-order chi connectivity index (χ0) is 18.4. The topological polar surface area (TPSA) is 96.5 Å². The van der Waals surface area contributed by atoms with Gasteiger partial charge in [-0.1, -0.05) is 0 Å². The average Bonchev–Trinajstić information content (AvgIpc) is 2.55. The number of nitrogens with zero attached hydrogens (tertiary/aromatic N) is 3. The van der Waals surface area contributed by atoms with E-state index in [0.717, 1.165) is 13.1 Å². The Bertz CT molecular complexity index is 807. The quantitative estimate of drug-likeness (QED) is 0.733. The second-order valence-corrected chi connectivity index (χ2v) is 7.42. The summed E-state index contributed by atoms with van der Waals surface area (Å²) in [6.45, 7) is 3.28. The highest BCUT2D eigenvalue weighted by molar-refractivity contribution is 7.92. The molecule has 1 heterocycles. The van der Waals surface area contributed by atoms with Crippen LogP contribution in [0.5, 0.6) is 5.75 Å². The van der Waals surface area contributed by atoms with E-state index in [1.807, 2.05) is 19.0 Å². The van der Waals surface area contributed by atoms with Crippen molar-refractivity contribution in [2.45, 2.75) is 11.8 Å². The number of aryl methyl sites for hydroxylation is 1. The number of aromatic nitrogens is 2. The molecule has 1 aromatic carbocycles. The smallest absolute Gasteiger partial charge is 0.263 e. The number of methoxy groups -OCH3 is 1. The van der Waals surface area contributed by atoms with Gasteiger partial charge in [-0.3, -0.25) is 4.72 Å². The van der Waals surface area contributed by atoms with Gasteiger partial charge in [-0.2, -0.15) is 0 Å². The van der Waals surface area contributed by atoms with Gasteiger partial charge in [-0.05, 0) is 56.9 Å². The van der Waals surface area contributed by atoms with E-state index in [1.54, 1.807) is 31.2 Å². The van der Waals surface area contributed by atoms with Crippen molar-refractivity contribution < 1.29 is 13.2 Å². The van der Waals surface area contributed by atoms with E-state index in [9.17, 15) is 8.42 Å². The molecule has 136 valence electrons. The number of hydrogen-bond donors (Lipinski definition) is 2. The van der Waals surface area contributed by atoms with Crippen LogP contribution in [-0.4, -0.2) is 57.8 Å². The SMILES string of the molecule is COc1ccc(S(=O)(=O)Nc2ccc(NCCN(C)C)nn2)c(C)c1. The Morgan fingerprint density at radius 1 is 1.12 bits per heavy atom. The van der Waals surface area contributed by atoms with Gasteiger partial charge in [-0.15, -0.1) is 10.2 Å². The third-order valence-corrected chi connectivity index (χ3v) is 4.96. The van der Waals surface area contributed by atoms with E-state index in [-0.39, 0.29) is 10.7 Å². The van der Waals surface area contributed by atoms with Crippen molar-refractivity contribution in [3.05, 3.63) is 35.9 Å². The maximum atomic E-state index is 12.5. The number of likely N-dealkylation sites (N-methyl/N-ethyl adjacent to an activating group) is 1. The molecule has 0 fully saturated rings. The maximum Gasteiger partial charge on any atom is 0.263 e. The summed E-state index contributed by atoms with van der Waals surface area (Å²) in [7, 11) is 1.74. The molecule has 8 nitrogen and oxygen atoms in total. The largest absolute Gasteiger partial charge is 0.497 e. The van der Waals surface area contributed by atoms with Crippen molar-refractivity contribution in [1.82, 2.24) is 15.1 Å². The summed E-state index contributed by atoms with van der Waals surface area (Å²) in [4.78, 5) is 2.21. The molecule has 2 N–H and O–H groups in total. The van der Waals surface area contributed by atoms with Crippen molar-refractivity contribution in [2.24, 2.45) is 0 Å². The van der Waals surface area contributed by atoms with Crippen LogP contribution in [0.3, 0.4) is 0 Å². The normalized spacial score (nSPS) is 11.4. The molecular formula is C16H23N5O3S. The lowest BCUT2D eigenvalue weighted by Gasteiger charge is -2.12. The minimum Gasteiger partial charge on any atom is -0.497 e. The molecule has 0 aliphatic rings. The first-order valence-electron chi connectivity index (χ1n) is 7.71. The van der Waals surface area contributed by atoms with Crippen LogP contribution in [0, 0.1) is 6.92 Å². The molecule has 0 radical (unpaired) electrons. The number of ether oxygens (including phenoxy) is 1. The highest BCUT2D eigenvalue weighted by Gasteiger charge is 2.18. The zero-order valence-corrected chi connectivity index (χ0v) is 15.6. The highest BCUT2D eigenvalue weighted by atomic mass is 32.2. The van der Waals surface area contributed by atoms with Gasteiger partial charge in [0, 0.05) is 13.1 Å². The predicted octanol–water partition coefficient (Wildman–Crippen LogP) is 1.57. The average molecular weight is 365 g/mol. The van der Waals surface area contributed by atoms with Gasteiger partial charge >= 0.3 is 0 Å². The summed E-state index contributed by atoms with van der Waals surface area (Å²) in [5.74, 6) is 1.35. The van der Waals surface area contributed by atoms with Crippen LogP contribution in [0.4, 0.5) is 11.6 Å². The molecule has 2 rings (SSSR count). The molecule has 0 saturated carbocycles. The third kappa shape index (κ3) is 5.30. The molecule has 0 amide bonds. The Hall–Kier alpha value is -2.39. The van der Waals surface area contributed by atoms with Crippen molar-refractivity contribution in [3.63, 3.8) is 0 Å². The van der Waals surface area contributed by atoms with Gasteiger partial charge in [0.25, 0.3) is 10.0 Å². The Labute approximate surface area is 148 Å². The first kappa shape index (κ1) is 18.9. The minimum absolute atomic E-state index is 0.161. The van der Waals surface area contributed by atoms with Gasteiger partial charge in [0.15, 0.2) is 5.82 Å². The molecule has 9 heteroatoms. The van der Waals surface area contributed by atoms with E-state index >= 15 is 0 Å². The number of anilines is 2. The fraction of sp³-hybridized carbons (Fsp3) is 0.375. The number of sulfonamides is 1. The lowest BCUT2D eigenvalue weighted by molar-refractivity contribution is 0.414. The second kappa shape index (κ2) is 8.13. The molecule has 0 atom stereocenters. The van der Waals surface area contributed by atoms with Gasteiger partial charge in [0.1, 0.15) is 11.6 Å². The second-order valence-electron chi connectivity index (χ2n) is 5.77. The zero-order valence-electron chi connectivity index (χ0n) is 14.8. The summed E-state index contributed by atoms with van der Waals surface area (Å²) in [6, 6.07) is 8.02. The van der Waals surface area contributed by atoms with Crippen LogP contribution in [-0.2, 0) is 10.0 Å². The van der Waals surface area contributed by atoms with Gasteiger partial charge < -0.3 is 15.0 Å². The molecule has 0 unspecified atom stereocenters.